The highest BCUT2D eigenvalue weighted by atomic mass is 16.5. The number of pyridine rings is 1. The first-order valence-electron chi connectivity index (χ1n) is 9.99. The number of carbonyl (C=O) groups excluding carboxylic acids is 2. The lowest BCUT2D eigenvalue weighted by atomic mass is 9.81. The topological polar surface area (TPSA) is 89.5 Å². The molecule has 2 aliphatic carbocycles. The van der Waals surface area contributed by atoms with Crippen LogP contribution in [0.15, 0.2) is 54.7 Å². The molecular weight excluding hydrogens is 382 g/mol. The van der Waals surface area contributed by atoms with Crippen molar-refractivity contribution >= 4 is 17.5 Å². The fourth-order valence-corrected chi connectivity index (χ4v) is 4.45. The van der Waals surface area contributed by atoms with E-state index in [0.717, 1.165) is 12.1 Å². The van der Waals surface area contributed by atoms with Crippen LogP contribution in [0.1, 0.15) is 12.1 Å². The van der Waals surface area contributed by atoms with Gasteiger partial charge in [0.1, 0.15) is 11.5 Å². The molecule has 2 aliphatic rings. The Labute approximate surface area is 175 Å². The Morgan fingerprint density at radius 3 is 2.47 bits per heavy atom. The van der Waals surface area contributed by atoms with Gasteiger partial charge in [-0.3, -0.25) is 14.6 Å². The zero-order valence-corrected chi connectivity index (χ0v) is 17.0. The first-order chi connectivity index (χ1) is 14.6. The predicted octanol–water partition coefficient (Wildman–Crippen LogP) is 2.79. The van der Waals surface area contributed by atoms with Crippen LogP contribution < -0.4 is 20.1 Å². The molecule has 1 heterocycles. The molecule has 1 saturated carbocycles. The van der Waals surface area contributed by atoms with Crippen LogP contribution in [0.5, 0.6) is 11.5 Å². The number of rotatable bonds is 7. The minimum absolute atomic E-state index is 0.0600. The Hall–Kier alpha value is -3.35. The molecular formula is C23H25N3O4. The van der Waals surface area contributed by atoms with Crippen LogP contribution in [0.25, 0.3) is 0 Å². The number of nitrogens with one attached hydrogen (secondary N) is 2. The highest BCUT2D eigenvalue weighted by molar-refractivity contribution is 5.98. The molecule has 2 aromatic rings. The number of allylic oxidation sites excluding steroid dienone is 2. The Balaban J connectivity index is 1.48. The van der Waals surface area contributed by atoms with Gasteiger partial charge in [-0.15, -0.1) is 0 Å². The Morgan fingerprint density at radius 2 is 1.80 bits per heavy atom. The second-order valence-corrected chi connectivity index (χ2v) is 7.59. The van der Waals surface area contributed by atoms with E-state index in [-0.39, 0.29) is 23.7 Å². The van der Waals surface area contributed by atoms with Gasteiger partial charge < -0.3 is 20.1 Å². The fraction of sp³-hybridized carbons (Fsp3) is 0.348. The third-order valence-corrected chi connectivity index (χ3v) is 5.90. The number of amides is 2. The summed E-state index contributed by atoms with van der Waals surface area (Å²) in [6.45, 7) is 0.345. The molecule has 0 aliphatic heterocycles. The monoisotopic (exact) mass is 407 g/mol. The van der Waals surface area contributed by atoms with Crippen molar-refractivity contribution in [3.8, 4) is 11.5 Å². The molecule has 156 valence electrons. The minimum Gasteiger partial charge on any atom is -0.497 e. The molecule has 0 spiro atoms. The number of ether oxygens (including phenoxy) is 2. The van der Waals surface area contributed by atoms with Gasteiger partial charge in [0.2, 0.25) is 11.8 Å². The lowest BCUT2D eigenvalue weighted by molar-refractivity contribution is -0.133. The highest BCUT2D eigenvalue weighted by Crippen LogP contribution is 2.48. The molecule has 7 nitrogen and oxygen atoms in total. The van der Waals surface area contributed by atoms with E-state index >= 15 is 0 Å². The van der Waals surface area contributed by atoms with Crippen molar-refractivity contribution in [2.45, 2.75) is 13.0 Å². The smallest absolute Gasteiger partial charge is 0.229 e. The van der Waals surface area contributed by atoms with Gasteiger partial charge in [-0.25, -0.2) is 0 Å². The van der Waals surface area contributed by atoms with E-state index in [9.17, 15) is 9.59 Å². The standard InChI is InChI=1S/C23H25N3O4/c1-29-17-8-9-18(19(12-17)30-2)26-23(28)21-15-7-6-14(11-15)20(21)22(27)25-13-16-5-3-4-10-24-16/h3-10,12,14-15,20-21H,11,13H2,1-2H3,(H,25,27)(H,26,28)/t14-,15+,20+,21+/m1/s1. The number of carbonyl (C=O) groups is 2. The van der Waals surface area contributed by atoms with Gasteiger partial charge in [-0.05, 0) is 42.5 Å². The summed E-state index contributed by atoms with van der Waals surface area (Å²) >= 11 is 0. The van der Waals surface area contributed by atoms with E-state index in [1.165, 1.54) is 0 Å². The zero-order chi connectivity index (χ0) is 21.1. The summed E-state index contributed by atoms with van der Waals surface area (Å²) in [6, 6.07) is 10.8. The van der Waals surface area contributed by atoms with Gasteiger partial charge >= 0.3 is 0 Å². The predicted molar refractivity (Wildman–Crippen MR) is 112 cm³/mol. The molecule has 2 bridgehead atoms. The molecule has 1 aromatic heterocycles. The average molecular weight is 407 g/mol. The van der Waals surface area contributed by atoms with Crippen molar-refractivity contribution in [2.75, 3.05) is 19.5 Å². The van der Waals surface area contributed by atoms with Gasteiger partial charge in [0.15, 0.2) is 0 Å². The van der Waals surface area contributed by atoms with E-state index in [2.05, 4.69) is 27.8 Å². The summed E-state index contributed by atoms with van der Waals surface area (Å²) < 4.78 is 10.6. The van der Waals surface area contributed by atoms with Crippen molar-refractivity contribution in [1.82, 2.24) is 10.3 Å². The maximum absolute atomic E-state index is 13.2. The molecule has 1 aromatic carbocycles. The van der Waals surface area contributed by atoms with Crippen molar-refractivity contribution < 1.29 is 19.1 Å². The molecule has 0 radical (unpaired) electrons. The lowest BCUT2D eigenvalue weighted by Crippen LogP contribution is -2.41. The van der Waals surface area contributed by atoms with Crippen LogP contribution in [0.4, 0.5) is 5.69 Å². The maximum atomic E-state index is 13.2. The summed E-state index contributed by atoms with van der Waals surface area (Å²) in [5, 5.41) is 5.91. The Bertz CT molecular complexity index is 960. The summed E-state index contributed by atoms with van der Waals surface area (Å²) in [7, 11) is 3.11. The number of hydrogen-bond donors (Lipinski definition) is 2. The van der Waals surface area contributed by atoms with E-state index in [0.29, 0.717) is 23.7 Å². The summed E-state index contributed by atoms with van der Waals surface area (Å²) in [4.78, 5) is 30.4. The highest BCUT2D eigenvalue weighted by Gasteiger charge is 2.51. The van der Waals surface area contributed by atoms with Gasteiger partial charge in [-0.2, -0.15) is 0 Å². The third-order valence-electron chi connectivity index (χ3n) is 5.90. The normalized spacial score (nSPS) is 23.8. The summed E-state index contributed by atoms with van der Waals surface area (Å²) in [5.41, 5.74) is 1.34. The largest absolute Gasteiger partial charge is 0.497 e. The van der Waals surface area contributed by atoms with Gasteiger partial charge in [0.25, 0.3) is 0 Å². The minimum atomic E-state index is -0.421. The van der Waals surface area contributed by atoms with Crippen LogP contribution in [-0.2, 0) is 16.1 Å². The molecule has 4 rings (SSSR count). The van der Waals surface area contributed by atoms with Crippen LogP contribution in [0.3, 0.4) is 0 Å². The molecule has 4 atom stereocenters. The number of benzene rings is 1. The third kappa shape index (κ3) is 3.87. The Morgan fingerprint density at radius 1 is 1.03 bits per heavy atom. The number of hydrogen-bond acceptors (Lipinski definition) is 5. The van der Waals surface area contributed by atoms with Gasteiger partial charge in [-0.1, -0.05) is 18.2 Å². The summed E-state index contributed by atoms with van der Waals surface area (Å²) in [5.74, 6) is 0.185. The molecule has 0 saturated heterocycles. The summed E-state index contributed by atoms with van der Waals surface area (Å²) in [6.07, 6.45) is 6.63. The SMILES string of the molecule is COc1ccc(NC(=O)[C@@H]2[C@@H](C(=O)NCc3ccccn3)[C@@H]3C=C[C@H]2C3)c(OC)c1. The molecule has 7 heteroatoms. The van der Waals surface area contributed by atoms with Crippen LogP contribution >= 0.6 is 0 Å². The number of nitrogens with zero attached hydrogens (tertiary/aromatic N) is 1. The molecule has 0 unspecified atom stereocenters. The molecule has 1 fully saturated rings. The lowest BCUT2D eigenvalue weighted by Gasteiger charge is -2.26. The van der Waals surface area contributed by atoms with Crippen molar-refractivity contribution in [3.05, 3.63) is 60.4 Å². The number of methoxy groups -OCH3 is 2. The van der Waals surface area contributed by atoms with Gasteiger partial charge in [0.05, 0.1) is 44.0 Å². The first kappa shape index (κ1) is 19.9. The van der Waals surface area contributed by atoms with Crippen molar-refractivity contribution in [3.63, 3.8) is 0 Å². The van der Waals surface area contributed by atoms with Crippen molar-refractivity contribution in [1.29, 1.82) is 0 Å². The number of aromatic nitrogens is 1. The molecule has 30 heavy (non-hydrogen) atoms. The van der Waals surface area contributed by atoms with Crippen molar-refractivity contribution in [2.24, 2.45) is 23.7 Å². The average Bonchev–Trinajstić information content (AvgIpc) is 3.40. The fourth-order valence-electron chi connectivity index (χ4n) is 4.45. The van der Waals surface area contributed by atoms with E-state index < -0.39 is 11.8 Å². The first-order valence-corrected chi connectivity index (χ1v) is 9.99. The number of fused-ring (bicyclic) bond motifs is 2. The molecule has 2 N–H and O–H groups in total. The van der Waals surface area contributed by atoms with Crippen LogP contribution in [0, 0.1) is 23.7 Å². The van der Waals surface area contributed by atoms with Gasteiger partial charge in [0, 0.05) is 12.3 Å². The Kier molecular flexibility index (Phi) is 5.70. The second-order valence-electron chi connectivity index (χ2n) is 7.59. The van der Waals surface area contributed by atoms with Crippen LogP contribution in [0.2, 0.25) is 0 Å². The molecule has 2 amide bonds. The van der Waals surface area contributed by atoms with E-state index in [1.807, 2.05) is 18.2 Å². The second kappa shape index (κ2) is 8.57. The van der Waals surface area contributed by atoms with E-state index in [4.69, 9.17) is 9.47 Å². The van der Waals surface area contributed by atoms with Crippen LogP contribution in [-0.4, -0.2) is 31.0 Å². The number of anilines is 1. The maximum Gasteiger partial charge on any atom is 0.229 e. The van der Waals surface area contributed by atoms with E-state index in [1.54, 1.807) is 38.6 Å². The zero-order valence-electron chi connectivity index (χ0n) is 17.0. The quantitative estimate of drug-likeness (QED) is 0.689.